The highest BCUT2D eigenvalue weighted by Gasteiger charge is 1.95. The maximum absolute atomic E-state index is 2.12. The van der Waals surface area contributed by atoms with E-state index in [2.05, 4.69) is 27.7 Å². The molecule has 0 aliphatic heterocycles. The van der Waals surface area contributed by atoms with Crippen LogP contribution in [0.15, 0.2) is 0 Å². The lowest BCUT2D eigenvalue weighted by Crippen LogP contribution is -1.85. The Bertz CT molecular complexity index is 30.5. The Morgan fingerprint density at radius 3 is 0.692 bits per heavy atom. The molecule has 0 radical (unpaired) electrons. The highest BCUT2D eigenvalue weighted by atomic mass is 14.0. The minimum atomic E-state index is 0. The summed E-state index contributed by atoms with van der Waals surface area (Å²) in [6, 6.07) is 0. The molecule has 1 aliphatic rings. The fourth-order valence-corrected chi connectivity index (χ4v) is 1.06. The SMILES string of the molecule is C.C1CCCCC1.CCC.CCC. The number of hydrogen-bond donors (Lipinski definition) is 0. The van der Waals surface area contributed by atoms with E-state index >= 15 is 0 Å². The molecule has 0 aromatic rings. The smallest absolute Gasteiger partial charge is 0.0533 e. The third-order valence-electron chi connectivity index (χ3n) is 1.50. The van der Waals surface area contributed by atoms with Gasteiger partial charge in [-0.05, 0) is 0 Å². The summed E-state index contributed by atoms with van der Waals surface area (Å²) in [5.41, 5.74) is 0. The first-order valence-electron chi connectivity index (χ1n) is 5.83. The molecule has 0 aromatic carbocycles. The Kier molecular flexibility index (Phi) is 32.7. The molecule has 0 spiro atoms. The van der Waals surface area contributed by atoms with Crippen molar-refractivity contribution < 1.29 is 0 Å². The normalized spacial score (nSPS) is 13.8. The Labute approximate surface area is 87.1 Å². The van der Waals surface area contributed by atoms with Crippen LogP contribution in [0.4, 0.5) is 0 Å². The maximum Gasteiger partial charge on any atom is -0.0533 e. The average molecular weight is 188 g/mol. The molecule has 1 saturated carbocycles. The zero-order valence-corrected chi connectivity index (χ0v) is 9.66. The summed E-state index contributed by atoms with van der Waals surface area (Å²) in [4.78, 5) is 0. The van der Waals surface area contributed by atoms with E-state index in [1.807, 2.05) is 0 Å². The quantitative estimate of drug-likeness (QED) is 0.450. The lowest BCUT2D eigenvalue weighted by Gasteiger charge is -2.05. The predicted octanol–water partition coefficient (Wildman–Crippen LogP) is 5.81. The number of hydrogen-bond acceptors (Lipinski definition) is 0. The summed E-state index contributed by atoms with van der Waals surface area (Å²) in [5.74, 6) is 0. The maximum atomic E-state index is 2.12. The third kappa shape index (κ3) is 33.3. The van der Waals surface area contributed by atoms with Crippen LogP contribution in [-0.4, -0.2) is 0 Å². The minimum Gasteiger partial charge on any atom is -0.0776 e. The molecule has 0 bridgehead atoms. The summed E-state index contributed by atoms with van der Waals surface area (Å²) in [5, 5.41) is 0. The topological polar surface area (TPSA) is 0 Å². The fourth-order valence-electron chi connectivity index (χ4n) is 1.06. The zero-order chi connectivity index (χ0) is 9.66. The van der Waals surface area contributed by atoms with Gasteiger partial charge in [0.25, 0.3) is 0 Å². The monoisotopic (exact) mass is 188 g/mol. The van der Waals surface area contributed by atoms with Crippen molar-refractivity contribution in [2.45, 2.75) is 86.5 Å². The van der Waals surface area contributed by atoms with Crippen LogP contribution in [0.3, 0.4) is 0 Å². The van der Waals surface area contributed by atoms with Crippen LogP contribution in [0.25, 0.3) is 0 Å². The zero-order valence-electron chi connectivity index (χ0n) is 9.66. The highest BCUT2D eigenvalue weighted by molar-refractivity contribution is 4.51. The molecule has 13 heavy (non-hydrogen) atoms. The molecule has 1 aliphatic carbocycles. The first-order valence-corrected chi connectivity index (χ1v) is 5.83. The van der Waals surface area contributed by atoms with Crippen molar-refractivity contribution in [3.8, 4) is 0 Å². The van der Waals surface area contributed by atoms with Crippen LogP contribution in [0.1, 0.15) is 86.5 Å². The summed E-state index contributed by atoms with van der Waals surface area (Å²) in [7, 11) is 0. The van der Waals surface area contributed by atoms with E-state index in [0.717, 1.165) is 0 Å². The Morgan fingerprint density at radius 2 is 0.615 bits per heavy atom. The van der Waals surface area contributed by atoms with Crippen molar-refractivity contribution in [1.29, 1.82) is 0 Å². The highest BCUT2D eigenvalue weighted by Crippen LogP contribution is 2.15. The van der Waals surface area contributed by atoms with Gasteiger partial charge in [0.15, 0.2) is 0 Å². The Morgan fingerprint density at radius 1 is 0.538 bits per heavy atom. The largest absolute Gasteiger partial charge is 0.0776 e. The van der Waals surface area contributed by atoms with Crippen LogP contribution >= 0.6 is 0 Å². The molecule has 84 valence electrons. The van der Waals surface area contributed by atoms with Crippen LogP contribution < -0.4 is 0 Å². The summed E-state index contributed by atoms with van der Waals surface area (Å²) in [6.07, 6.45) is 11.5. The first kappa shape index (κ1) is 18.7. The van der Waals surface area contributed by atoms with Crippen molar-refractivity contribution in [1.82, 2.24) is 0 Å². The van der Waals surface area contributed by atoms with Crippen molar-refractivity contribution in [2.75, 3.05) is 0 Å². The van der Waals surface area contributed by atoms with E-state index in [-0.39, 0.29) is 7.43 Å². The van der Waals surface area contributed by atoms with Gasteiger partial charge in [-0.1, -0.05) is 86.5 Å². The van der Waals surface area contributed by atoms with E-state index in [0.29, 0.717) is 0 Å². The van der Waals surface area contributed by atoms with Gasteiger partial charge in [0, 0.05) is 0 Å². The Hall–Kier alpha value is 0. The molecule has 0 atom stereocenters. The fraction of sp³-hybridized carbons (Fsp3) is 1.00. The van der Waals surface area contributed by atoms with Gasteiger partial charge >= 0.3 is 0 Å². The summed E-state index contributed by atoms with van der Waals surface area (Å²) >= 11 is 0. The minimum absolute atomic E-state index is 0. The molecule has 1 rings (SSSR count). The number of rotatable bonds is 0. The van der Waals surface area contributed by atoms with Gasteiger partial charge < -0.3 is 0 Å². The molecular weight excluding hydrogens is 156 g/mol. The molecule has 0 nitrogen and oxygen atoms in total. The van der Waals surface area contributed by atoms with Crippen molar-refractivity contribution in [3.05, 3.63) is 0 Å². The van der Waals surface area contributed by atoms with E-state index in [9.17, 15) is 0 Å². The van der Waals surface area contributed by atoms with Crippen molar-refractivity contribution >= 4 is 0 Å². The predicted molar refractivity (Wildman–Crippen MR) is 66.4 cm³/mol. The molecule has 0 unspecified atom stereocenters. The average Bonchev–Trinajstić information content (AvgIpc) is 2.10. The van der Waals surface area contributed by atoms with Gasteiger partial charge in [0.05, 0.1) is 0 Å². The van der Waals surface area contributed by atoms with Crippen LogP contribution in [0.5, 0.6) is 0 Å². The van der Waals surface area contributed by atoms with Crippen LogP contribution in [0.2, 0.25) is 0 Å². The van der Waals surface area contributed by atoms with Gasteiger partial charge in [0.2, 0.25) is 0 Å². The molecule has 0 aromatic heterocycles. The van der Waals surface area contributed by atoms with Crippen molar-refractivity contribution in [3.63, 3.8) is 0 Å². The first-order chi connectivity index (χ1) is 5.83. The molecule has 0 N–H and O–H groups in total. The van der Waals surface area contributed by atoms with E-state index in [1.165, 1.54) is 51.4 Å². The molecule has 0 heterocycles. The van der Waals surface area contributed by atoms with Gasteiger partial charge in [-0.15, -0.1) is 0 Å². The van der Waals surface area contributed by atoms with E-state index in [4.69, 9.17) is 0 Å². The second-order valence-electron chi connectivity index (χ2n) is 3.54. The van der Waals surface area contributed by atoms with Gasteiger partial charge in [-0.3, -0.25) is 0 Å². The van der Waals surface area contributed by atoms with Gasteiger partial charge in [-0.25, -0.2) is 0 Å². The molecule has 0 amide bonds. The molecule has 0 saturated heterocycles. The Balaban J connectivity index is -0.000000126. The van der Waals surface area contributed by atoms with Crippen LogP contribution in [-0.2, 0) is 0 Å². The third-order valence-corrected chi connectivity index (χ3v) is 1.50. The van der Waals surface area contributed by atoms with Crippen molar-refractivity contribution in [2.24, 2.45) is 0 Å². The molecule has 0 heteroatoms. The lowest BCUT2D eigenvalue weighted by atomic mass is 10.0. The molecule has 1 fully saturated rings. The van der Waals surface area contributed by atoms with Gasteiger partial charge in [0.1, 0.15) is 0 Å². The molecular formula is C13H32. The van der Waals surface area contributed by atoms with Gasteiger partial charge in [-0.2, -0.15) is 0 Å². The van der Waals surface area contributed by atoms with E-state index < -0.39 is 0 Å². The summed E-state index contributed by atoms with van der Waals surface area (Å²) < 4.78 is 0. The summed E-state index contributed by atoms with van der Waals surface area (Å²) in [6.45, 7) is 8.50. The van der Waals surface area contributed by atoms with Crippen LogP contribution in [0, 0.1) is 0 Å². The standard InChI is InChI=1S/C6H12.2C3H8.CH4/c1-2-4-6-5-3-1;2*1-3-2;/h1-6H2;2*3H2,1-2H3;1H4. The van der Waals surface area contributed by atoms with E-state index in [1.54, 1.807) is 0 Å². The second kappa shape index (κ2) is 22.7. The lowest BCUT2D eigenvalue weighted by molar-refractivity contribution is 0.504. The second-order valence-corrected chi connectivity index (χ2v) is 3.54.